The number of carbonyl (C=O) groups excluding carboxylic acids is 2. The molecule has 1 N–H and O–H groups in total. The molecule has 4 rings (SSSR count). The molecule has 27 heavy (non-hydrogen) atoms. The molecule has 1 aliphatic rings. The standard InChI is InChI=1S/C21H18N2O2S2/c1-26-18-6-3-2-5-16(18)20(24)22-15-9-8-14-10-11-23(17(14)13-15)21(25)19-7-4-12-27-19/h2-9,12-13H,10-11H2,1H3,(H,22,24). The molecule has 4 nitrogen and oxygen atoms in total. The van der Waals surface area contributed by atoms with Crippen molar-refractivity contribution in [1.29, 1.82) is 0 Å². The zero-order valence-corrected chi connectivity index (χ0v) is 16.4. The molecule has 0 atom stereocenters. The molecule has 2 heterocycles. The Balaban J connectivity index is 1.59. The molecule has 6 heteroatoms. The van der Waals surface area contributed by atoms with E-state index in [1.807, 2.05) is 66.2 Å². The Labute approximate surface area is 166 Å². The van der Waals surface area contributed by atoms with Gasteiger partial charge in [0.25, 0.3) is 11.8 Å². The van der Waals surface area contributed by atoms with Crippen LogP contribution >= 0.6 is 23.1 Å². The normalized spacial score (nSPS) is 12.7. The number of nitrogens with one attached hydrogen (secondary N) is 1. The molecule has 0 unspecified atom stereocenters. The Morgan fingerprint density at radius 3 is 2.74 bits per heavy atom. The van der Waals surface area contributed by atoms with Crippen LogP contribution < -0.4 is 10.2 Å². The number of benzene rings is 2. The van der Waals surface area contributed by atoms with Gasteiger partial charge in [-0.1, -0.05) is 24.3 Å². The topological polar surface area (TPSA) is 49.4 Å². The van der Waals surface area contributed by atoms with Gasteiger partial charge < -0.3 is 10.2 Å². The van der Waals surface area contributed by atoms with Gasteiger partial charge in [-0.05, 0) is 54.0 Å². The fraction of sp³-hybridized carbons (Fsp3) is 0.143. The molecule has 0 fully saturated rings. The van der Waals surface area contributed by atoms with Crippen LogP contribution in [-0.4, -0.2) is 24.6 Å². The number of rotatable bonds is 4. The molecule has 1 aliphatic heterocycles. The second-order valence-corrected chi connectivity index (χ2v) is 7.98. The minimum absolute atomic E-state index is 0.0138. The number of fused-ring (bicyclic) bond motifs is 1. The van der Waals surface area contributed by atoms with Gasteiger partial charge in [0.05, 0.1) is 10.4 Å². The van der Waals surface area contributed by atoms with E-state index in [9.17, 15) is 9.59 Å². The molecule has 136 valence electrons. The van der Waals surface area contributed by atoms with E-state index in [2.05, 4.69) is 5.32 Å². The van der Waals surface area contributed by atoms with Gasteiger partial charge in [-0.15, -0.1) is 23.1 Å². The maximum atomic E-state index is 12.8. The molecule has 0 saturated carbocycles. The predicted molar refractivity (Wildman–Crippen MR) is 112 cm³/mol. The first-order valence-electron chi connectivity index (χ1n) is 8.60. The second kappa shape index (κ2) is 7.58. The van der Waals surface area contributed by atoms with Gasteiger partial charge in [0.1, 0.15) is 0 Å². The average molecular weight is 395 g/mol. The molecular formula is C21H18N2O2S2. The maximum Gasteiger partial charge on any atom is 0.268 e. The highest BCUT2D eigenvalue weighted by molar-refractivity contribution is 7.98. The first-order chi connectivity index (χ1) is 13.2. The number of hydrogen-bond donors (Lipinski definition) is 1. The van der Waals surface area contributed by atoms with Gasteiger partial charge in [0.15, 0.2) is 0 Å². The van der Waals surface area contributed by atoms with Crippen molar-refractivity contribution in [3.05, 3.63) is 76.0 Å². The summed E-state index contributed by atoms with van der Waals surface area (Å²) in [6, 6.07) is 17.1. The molecule has 0 aliphatic carbocycles. The van der Waals surface area contributed by atoms with E-state index in [1.54, 1.807) is 16.7 Å². The first kappa shape index (κ1) is 17.8. The predicted octanol–water partition coefficient (Wildman–Crippen LogP) is 4.93. The lowest BCUT2D eigenvalue weighted by atomic mass is 10.1. The third-order valence-electron chi connectivity index (χ3n) is 4.57. The van der Waals surface area contributed by atoms with Gasteiger partial charge in [0, 0.05) is 22.8 Å². The van der Waals surface area contributed by atoms with Crippen LogP contribution in [0.1, 0.15) is 25.6 Å². The van der Waals surface area contributed by atoms with Crippen molar-refractivity contribution < 1.29 is 9.59 Å². The van der Waals surface area contributed by atoms with Gasteiger partial charge in [-0.25, -0.2) is 0 Å². The van der Waals surface area contributed by atoms with E-state index in [4.69, 9.17) is 0 Å². The van der Waals surface area contributed by atoms with Crippen LogP contribution in [0.15, 0.2) is 64.9 Å². The largest absolute Gasteiger partial charge is 0.322 e. The van der Waals surface area contributed by atoms with E-state index >= 15 is 0 Å². The van der Waals surface area contributed by atoms with E-state index in [0.29, 0.717) is 17.8 Å². The number of carbonyl (C=O) groups is 2. The fourth-order valence-corrected chi connectivity index (χ4v) is 4.50. The molecule has 0 bridgehead atoms. The zero-order chi connectivity index (χ0) is 18.8. The Hall–Kier alpha value is -2.57. The number of hydrogen-bond acceptors (Lipinski definition) is 4. The second-order valence-electron chi connectivity index (χ2n) is 6.18. The number of thiophene rings is 1. The lowest BCUT2D eigenvalue weighted by Crippen LogP contribution is -2.28. The van der Waals surface area contributed by atoms with Crippen molar-refractivity contribution in [3.8, 4) is 0 Å². The van der Waals surface area contributed by atoms with Crippen molar-refractivity contribution in [2.24, 2.45) is 0 Å². The van der Waals surface area contributed by atoms with Crippen LogP contribution in [0, 0.1) is 0 Å². The third kappa shape index (κ3) is 3.50. The smallest absolute Gasteiger partial charge is 0.268 e. The minimum atomic E-state index is -0.144. The van der Waals surface area contributed by atoms with Crippen molar-refractivity contribution in [2.75, 3.05) is 23.0 Å². The van der Waals surface area contributed by atoms with Gasteiger partial charge in [-0.2, -0.15) is 0 Å². The SMILES string of the molecule is CSc1ccccc1C(=O)Nc1ccc2c(c1)N(C(=O)c1cccs1)CC2. The Morgan fingerprint density at radius 1 is 1.11 bits per heavy atom. The molecule has 2 amide bonds. The minimum Gasteiger partial charge on any atom is -0.322 e. The van der Waals surface area contributed by atoms with Crippen LogP contribution in [0.2, 0.25) is 0 Å². The summed E-state index contributed by atoms with van der Waals surface area (Å²) in [5.41, 5.74) is 3.35. The third-order valence-corrected chi connectivity index (χ3v) is 6.22. The summed E-state index contributed by atoms with van der Waals surface area (Å²) in [7, 11) is 0. The van der Waals surface area contributed by atoms with Crippen LogP contribution in [-0.2, 0) is 6.42 Å². The van der Waals surface area contributed by atoms with E-state index in [-0.39, 0.29) is 11.8 Å². The Morgan fingerprint density at radius 2 is 1.96 bits per heavy atom. The van der Waals surface area contributed by atoms with Crippen molar-refractivity contribution in [3.63, 3.8) is 0 Å². The first-order valence-corrected chi connectivity index (χ1v) is 10.7. The summed E-state index contributed by atoms with van der Waals surface area (Å²) >= 11 is 2.99. The number of thioether (sulfide) groups is 1. The van der Waals surface area contributed by atoms with E-state index in [1.165, 1.54) is 11.3 Å². The maximum absolute atomic E-state index is 12.8. The van der Waals surface area contributed by atoms with Gasteiger partial charge >= 0.3 is 0 Å². The highest BCUT2D eigenvalue weighted by Gasteiger charge is 2.26. The molecule has 2 aromatic carbocycles. The lowest BCUT2D eigenvalue weighted by molar-refractivity contribution is 0.0991. The van der Waals surface area contributed by atoms with Crippen molar-refractivity contribution in [1.82, 2.24) is 0 Å². The highest BCUT2D eigenvalue weighted by atomic mass is 32.2. The number of amides is 2. The van der Waals surface area contributed by atoms with Crippen LogP contribution in [0.25, 0.3) is 0 Å². The number of nitrogens with zero attached hydrogens (tertiary/aromatic N) is 1. The summed E-state index contributed by atoms with van der Waals surface area (Å²) in [6.07, 6.45) is 2.78. The summed E-state index contributed by atoms with van der Waals surface area (Å²) in [6.45, 7) is 0.665. The highest BCUT2D eigenvalue weighted by Crippen LogP contribution is 2.33. The van der Waals surface area contributed by atoms with E-state index < -0.39 is 0 Å². The van der Waals surface area contributed by atoms with Gasteiger partial charge in [0.2, 0.25) is 0 Å². The quantitative estimate of drug-likeness (QED) is 0.639. The molecule has 1 aromatic heterocycles. The van der Waals surface area contributed by atoms with E-state index in [0.717, 1.165) is 27.4 Å². The molecule has 0 saturated heterocycles. The summed E-state index contributed by atoms with van der Waals surface area (Å²) in [4.78, 5) is 28.9. The molecular weight excluding hydrogens is 376 g/mol. The number of anilines is 2. The van der Waals surface area contributed by atoms with Crippen LogP contribution in [0.3, 0.4) is 0 Å². The summed E-state index contributed by atoms with van der Waals surface area (Å²) < 4.78 is 0. The molecule has 0 spiro atoms. The van der Waals surface area contributed by atoms with Crippen LogP contribution in [0.5, 0.6) is 0 Å². The molecule has 3 aromatic rings. The monoisotopic (exact) mass is 394 g/mol. The zero-order valence-electron chi connectivity index (χ0n) is 14.8. The molecule has 0 radical (unpaired) electrons. The van der Waals surface area contributed by atoms with Crippen LogP contribution in [0.4, 0.5) is 11.4 Å². The fourth-order valence-electron chi connectivity index (χ4n) is 3.23. The van der Waals surface area contributed by atoms with Crippen molar-refractivity contribution in [2.45, 2.75) is 11.3 Å². The van der Waals surface area contributed by atoms with Crippen molar-refractivity contribution >= 4 is 46.3 Å². The average Bonchev–Trinajstić information content (AvgIpc) is 3.37. The Bertz CT molecular complexity index is 999. The summed E-state index contributed by atoms with van der Waals surface area (Å²) in [5, 5.41) is 4.88. The summed E-state index contributed by atoms with van der Waals surface area (Å²) in [5.74, 6) is -0.131. The lowest BCUT2D eigenvalue weighted by Gasteiger charge is -2.17. The Kier molecular flexibility index (Phi) is 5.01. The van der Waals surface area contributed by atoms with Gasteiger partial charge in [-0.3, -0.25) is 9.59 Å².